The summed E-state index contributed by atoms with van der Waals surface area (Å²) >= 11 is 0. The summed E-state index contributed by atoms with van der Waals surface area (Å²) in [4.78, 5) is 12.1. The van der Waals surface area contributed by atoms with E-state index in [1.54, 1.807) is 30.5 Å². The van der Waals surface area contributed by atoms with Gasteiger partial charge in [0.2, 0.25) is 0 Å². The molecule has 2 rings (SSSR count). The van der Waals surface area contributed by atoms with E-state index >= 15 is 0 Å². The maximum Gasteiger partial charge on any atom is 0.193 e. The third-order valence-electron chi connectivity index (χ3n) is 3.16. The van der Waals surface area contributed by atoms with Crippen LogP contribution in [-0.4, -0.2) is 17.1 Å². The van der Waals surface area contributed by atoms with Crippen LogP contribution in [0.3, 0.4) is 0 Å². The molecule has 0 aliphatic carbocycles. The Labute approximate surface area is 132 Å². The standard InChI is InChI=1S/C17H20O4S/c1-3-4-5-9-20-13-6-7-17-15(11-13)16(18)12-14(21-17)8-10-22(2)19/h6-8,10-12H,3-5,9H2,1-2H3/b10-8+. The fourth-order valence-electron chi connectivity index (χ4n) is 2.03. The molecule has 0 saturated heterocycles. The smallest absolute Gasteiger partial charge is 0.193 e. The molecule has 0 amide bonds. The molecule has 0 radical (unpaired) electrons. The molecule has 0 N–H and O–H groups in total. The molecule has 22 heavy (non-hydrogen) atoms. The van der Waals surface area contributed by atoms with E-state index in [0.717, 1.165) is 19.3 Å². The molecule has 0 aliphatic rings. The lowest BCUT2D eigenvalue weighted by atomic mass is 10.2. The van der Waals surface area contributed by atoms with E-state index in [0.29, 0.717) is 29.1 Å². The van der Waals surface area contributed by atoms with E-state index in [4.69, 9.17) is 9.15 Å². The highest BCUT2D eigenvalue weighted by Crippen LogP contribution is 2.20. The van der Waals surface area contributed by atoms with Crippen molar-refractivity contribution in [3.63, 3.8) is 0 Å². The molecule has 4 nitrogen and oxygen atoms in total. The Hall–Kier alpha value is -1.88. The van der Waals surface area contributed by atoms with Crippen LogP contribution in [0.2, 0.25) is 0 Å². The highest BCUT2D eigenvalue weighted by molar-refractivity contribution is 7.87. The lowest BCUT2D eigenvalue weighted by molar-refractivity contribution is 0.306. The molecule has 5 heteroatoms. The molecule has 0 bridgehead atoms. The Kier molecular flexibility index (Phi) is 5.95. The van der Waals surface area contributed by atoms with Crippen LogP contribution >= 0.6 is 0 Å². The van der Waals surface area contributed by atoms with Crippen LogP contribution in [0.4, 0.5) is 0 Å². The second kappa shape index (κ2) is 7.94. The quantitative estimate of drug-likeness (QED) is 0.730. The molecule has 1 heterocycles. The third-order valence-corrected chi connectivity index (χ3v) is 3.68. The largest absolute Gasteiger partial charge is 0.494 e. The third kappa shape index (κ3) is 4.56. The van der Waals surface area contributed by atoms with Crippen molar-refractivity contribution >= 4 is 27.8 Å². The van der Waals surface area contributed by atoms with Crippen LogP contribution in [-0.2, 0) is 10.8 Å². The van der Waals surface area contributed by atoms with Crippen LogP contribution in [0.5, 0.6) is 5.75 Å². The van der Waals surface area contributed by atoms with Crippen LogP contribution in [0.15, 0.2) is 38.9 Å². The molecule has 0 spiro atoms. The summed E-state index contributed by atoms with van der Waals surface area (Å²) in [6.45, 7) is 2.79. The first-order valence-electron chi connectivity index (χ1n) is 7.31. The fraction of sp³-hybridized carbons (Fsp3) is 0.353. The first-order chi connectivity index (χ1) is 10.6. The van der Waals surface area contributed by atoms with Gasteiger partial charge in [-0.25, -0.2) is 0 Å². The summed E-state index contributed by atoms with van der Waals surface area (Å²) in [6.07, 6.45) is 6.37. The van der Waals surface area contributed by atoms with E-state index in [9.17, 15) is 9.00 Å². The highest BCUT2D eigenvalue weighted by atomic mass is 32.2. The lowest BCUT2D eigenvalue weighted by Gasteiger charge is -2.06. The van der Waals surface area contributed by atoms with Crippen LogP contribution < -0.4 is 10.2 Å². The van der Waals surface area contributed by atoms with Gasteiger partial charge < -0.3 is 9.15 Å². The Morgan fingerprint density at radius 2 is 2.09 bits per heavy atom. The molecule has 1 aromatic carbocycles. The predicted molar refractivity (Wildman–Crippen MR) is 90.6 cm³/mol. The Morgan fingerprint density at radius 1 is 1.27 bits per heavy atom. The van der Waals surface area contributed by atoms with Crippen molar-refractivity contribution in [1.29, 1.82) is 0 Å². The Morgan fingerprint density at radius 3 is 2.82 bits per heavy atom. The molecule has 1 atom stereocenters. The predicted octanol–water partition coefficient (Wildman–Crippen LogP) is 3.71. The van der Waals surface area contributed by atoms with E-state index in [1.807, 2.05) is 0 Å². The summed E-state index contributed by atoms with van der Waals surface area (Å²) in [7, 11) is -1.08. The van der Waals surface area contributed by atoms with Crippen molar-refractivity contribution in [1.82, 2.24) is 0 Å². The number of rotatable bonds is 7. The van der Waals surface area contributed by atoms with Gasteiger partial charge >= 0.3 is 0 Å². The maximum absolute atomic E-state index is 12.1. The molecule has 118 valence electrons. The van der Waals surface area contributed by atoms with Gasteiger partial charge in [-0.05, 0) is 30.7 Å². The van der Waals surface area contributed by atoms with Gasteiger partial charge in [0.05, 0.1) is 12.0 Å². The normalized spacial score (nSPS) is 12.8. The van der Waals surface area contributed by atoms with Gasteiger partial charge in [0.15, 0.2) is 5.43 Å². The number of hydrogen-bond donors (Lipinski definition) is 0. The first-order valence-corrected chi connectivity index (χ1v) is 8.93. The second-order valence-corrected chi connectivity index (χ2v) is 6.30. The second-order valence-electron chi connectivity index (χ2n) is 5.03. The van der Waals surface area contributed by atoms with E-state index in [1.165, 1.54) is 11.5 Å². The minimum atomic E-state index is -1.08. The van der Waals surface area contributed by atoms with E-state index in [2.05, 4.69) is 6.92 Å². The van der Waals surface area contributed by atoms with Gasteiger partial charge in [0.1, 0.15) is 17.1 Å². The summed E-state index contributed by atoms with van der Waals surface area (Å²) in [5.74, 6) is 1.07. The fourth-order valence-corrected chi connectivity index (χ4v) is 2.36. The SMILES string of the molecule is CCCCCOc1ccc2oc(/C=C/S(C)=O)cc(=O)c2c1. The number of hydrogen-bond acceptors (Lipinski definition) is 4. The molecule has 1 aromatic heterocycles. The number of unbranched alkanes of at least 4 members (excludes halogenated alkanes) is 2. The molecular formula is C17H20O4S. The molecular weight excluding hydrogens is 300 g/mol. The van der Waals surface area contributed by atoms with Gasteiger partial charge in [-0.3, -0.25) is 9.00 Å². The minimum absolute atomic E-state index is 0.137. The molecule has 0 aliphatic heterocycles. The van der Waals surface area contributed by atoms with Crippen molar-refractivity contribution in [3.05, 3.63) is 45.7 Å². The minimum Gasteiger partial charge on any atom is -0.494 e. The summed E-state index contributed by atoms with van der Waals surface area (Å²) in [5.41, 5.74) is 0.358. The molecule has 1 unspecified atom stereocenters. The van der Waals surface area contributed by atoms with Gasteiger partial charge in [-0.1, -0.05) is 19.8 Å². The summed E-state index contributed by atoms with van der Waals surface area (Å²) in [5, 5.41) is 1.97. The highest BCUT2D eigenvalue weighted by Gasteiger charge is 2.05. The first kappa shape index (κ1) is 16.5. The summed E-state index contributed by atoms with van der Waals surface area (Å²) in [6, 6.07) is 6.62. The van der Waals surface area contributed by atoms with Crippen LogP contribution in [0.25, 0.3) is 17.0 Å². The van der Waals surface area contributed by atoms with E-state index < -0.39 is 10.8 Å². The lowest BCUT2D eigenvalue weighted by Crippen LogP contribution is -2.02. The van der Waals surface area contributed by atoms with Gasteiger partial charge in [-0.2, -0.15) is 0 Å². The number of benzene rings is 1. The topological polar surface area (TPSA) is 56.5 Å². The Bertz CT molecular complexity index is 746. The molecule has 2 aromatic rings. The van der Waals surface area contributed by atoms with Gasteiger partial charge in [-0.15, -0.1) is 0 Å². The zero-order valence-electron chi connectivity index (χ0n) is 12.8. The van der Waals surface area contributed by atoms with E-state index in [-0.39, 0.29) is 5.43 Å². The van der Waals surface area contributed by atoms with Gasteiger partial charge in [0, 0.05) is 28.5 Å². The molecule has 0 saturated carbocycles. The average molecular weight is 320 g/mol. The van der Waals surface area contributed by atoms with Crippen LogP contribution in [0.1, 0.15) is 31.9 Å². The average Bonchev–Trinajstić information content (AvgIpc) is 2.50. The van der Waals surface area contributed by atoms with Crippen molar-refractivity contribution in [2.75, 3.05) is 12.9 Å². The number of ether oxygens (including phenoxy) is 1. The van der Waals surface area contributed by atoms with Crippen molar-refractivity contribution in [2.24, 2.45) is 0 Å². The summed E-state index contributed by atoms with van der Waals surface area (Å²) < 4.78 is 22.3. The number of fused-ring (bicyclic) bond motifs is 1. The van der Waals surface area contributed by atoms with Gasteiger partial charge in [0.25, 0.3) is 0 Å². The monoisotopic (exact) mass is 320 g/mol. The van der Waals surface area contributed by atoms with Crippen molar-refractivity contribution in [2.45, 2.75) is 26.2 Å². The Balaban J connectivity index is 2.23. The molecule has 0 fully saturated rings. The maximum atomic E-state index is 12.1. The zero-order chi connectivity index (χ0) is 15.9. The van der Waals surface area contributed by atoms with Crippen molar-refractivity contribution in [3.8, 4) is 5.75 Å². The van der Waals surface area contributed by atoms with Crippen LogP contribution in [0, 0.1) is 0 Å². The zero-order valence-corrected chi connectivity index (χ0v) is 13.7. The van der Waals surface area contributed by atoms with Crippen molar-refractivity contribution < 1.29 is 13.4 Å².